The molecule has 2 aromatic rings. The highest BCUT2D eigenvalue weighted by molar-refractivity contribution is 5.83. The van der Waals surface area contributed by atoms with Crippen molar-refractivity contribution in [2.75, 3.05) is 24.2 Å². The zero-order valence-corrected chi connectivity index (χ0v) is 11.9. The molecule has 3 rings (SSSR count). The molecule has 1 amide bonds. The summed E-state index contributed by atoms with van der Waals surface area (Å²) in [4.78, 5) is 27.3. The molecule has 2 aromatic heterocycles. The van der Waals surface area contributed by atoms with E-state index < -0.39 is 0 Å². The standard InChI is InChI=1S/C13H19N7O/c1-14-13-19-11(10-12(20-13)17-7-16-10)15-6-2-3-9(21)18-8-4-5-8/h7-8H,2-6H2,1H3,(H,18,21)(H3,14,15,16,17,19,20). The molecule has 0 aromatic carbocycles. The van der Waals surface area contributed by atoms with Gasteiger partial charge in [-0.2, -0.15) is 9.97 Å². The van der Waals surface area contributed by atoms with E-state index in [4.69, 9.17) is 0 Å². The molecule has 1 fully saturated rings. The number of anilines is 2. The van der Waals surface area contributed by atoms with Gasteiger partial charge in [0, 0.05) is 26.1 Å². The highest BCUT2D eigenvalue weighted by Crippen LogP contribution is 2.19. The molecule has 4 N–H and O–H groups in total. The minimum atomic E-state index is 0.129. The van der Waals surface area contributed by atoms with Gasteiger partial charge >= 0.3 is 0 Å². The third kappa shape index (κ3) is 3.39. The Balaban J connectivity index is 1.54. The fourth-order valence-corrected chi connectivity index (χ4v) is 2.06. The summed E-state index contributed by atoms with van der Waals surface area (Å²) in [6.07, 6.45) is 5.12. The van der Waals surface area contributed by atoms with E-state index in [-0.39, 0.29) is 5.91 Å². The van der Waals surface area contributed by atoms with E-state index in [1.165, 1.54) is 0 Å². The summed E-state index contributed by atoms with van der Waals surface area (Å²) in [6, 6.07) is 0.426. The van der Waals surface area contributed by atoms with E-state index >= 15 is 0 Å². The largest absolute Gasteiger partial charge is 0.368 e. The first-order chi connectivity index (χ1) is 10.3. The van der Waals surface area contributed by atoms with Gasteiger partial charge in [0.2, 0.25) is 11.9 Å². The second-order valence-corrected chi connectivity index (χ2v) is 5.12. The highest BCUT2D eigenvalue weighted by atomic mass is 16.1. The van der Waals surface area contributed by atoms with Crippen molar-refractivity contribution in [3.05, 3.63) is 6.33 Å². The third-order valence-electron chi connectivity index (χ3n) is 3.32. The van der Waals surface area contributed by atoms with Crippen LogP contribution in [-0.2, 0) is 4.79 Å². The molecule has 0 atom stereocenters. The van der Waals surface area contributed by atoms with Crippen LogP contribution in [0.3, 0.4) is 0 Å². The first-order valence-electron chi connectivity index (χ1n) is 7.18. The van der Waals surface area contributed by atoms with Crippen molar-refractivity contribution in [3.63, 3.8) is 0 Å². The molecule has 2 heterocycles. The van der Waals surface area contributed by atoms with E-state index in [0.29, 0.717) is 36.4 Å². The molecule has 8 nitrogen and oxygen atoms in total. The Morgan fingerprint density at radius 1 is 1.43 bits per heavy atom. The van der Waals surface area contributed by atoms with Gasteiger partial charge < -0.3 is 20.9 Å². The predicted octanol–water partition coefficient (Wildman–Crippen LogP) is 0.865. The maximum Gasteiger partial charge on any atom is 0.226 e. The number of amides is 1. The van der Waals surface area contributed by atoms with Crippen LogP contribution < -0.4 is 16.0 Å². The lowest BCUT2D eigenvalue weighted by molar-refractivity contribution is -0.121. The predicted molar refractivity (Wildman–Crippen MR) is 80.1 cm³/mol. The molecular formula is C13H19N7O. The molecule has 0 aliphatic heterocycles. The molecule has 21 heavy (non-hydrogen) atoms. The monoisotopic (exact) mass is 289 g/mol. The Labute approximate surface area is 122 Å². The van der Waals surface area contributed by atoms with Crippen molar-refractivity contribution >= 4 is 28.8 Å². The molecular weight excluding hydrogens is 270 g/mol. The van der Waals surface area contributed by atoms with Gasteiger partial charge in [-0.1, -0.05) is 0 Å². The molecule has 0 saturated heterocycles. The van der Waals surface area contributed by atoms with Gasteiger partial charge in [-0.15, -0.1) is 0 Å². The molecule has 0 unspecified atom stereocenters. The molecule has 0 bridgehead atoms. The number of fused-ring (bicyclic) bond motifs is 1. The fourth-order valence-electron chi connectivity index (χ4n) is 2.06. The summed E-state index contributed by atoms with van der Waals surface area (Å²) in [6.45, 7) is 0.673. The number of carbonyl (C=O) groups excluding carboxylic acids is 1. The molecule has 1 aliphatic rings. The van der Waals surface area contributed by atoms with Crippen LogP contribution in [0.5, 0.6) is 0 Å². The number of H-pyrrole nitrogens is 1. The number of hydrogen-bond donors (Lipinski definition) is 4. The number of nitrogens with one attached hydrogen (secondary N) is 4. The van der Waals surface area contributed by atoms with Crippen LogP contribution in [0.1, 0.15) is 25.7 Å². The number of aromatic nitrogens is 4. The van der Waals surface area contributed by atoms with Crippen LogP contribution in [0.15, 0.2) is 6.33 Å². The van der Waals surface area contributed by atoms with E-state index in [1.807, 2.05) is 0 Å². The van der Waals surface area contributed by atoms with Gasteiger partial charge in [0.1, 0.15) is 5.52 Å². The number of aromatic amines is 1. The van der Waals surface area contributed by atoms with Crippen LogP contribution in [0, 0.1) is 0 Å². The summed E-state index contributed by atoms with van der Waals surface area (Å²) in [5.41, 5.74) is 1.39. The molecule has 8 heteroatoms. The highest BCUT2D eigenvalue weighted by Gasteiger charge is 2.22. The summed E-state index contributed by atoms with van der Waals surface area (Å²) < 4.78 is 0. The topological polar surface area (TPSA) is 108 Å². The quantitative estimate of drug-likeness (QED) is 0.563. The maximum absolute atomic E-state index is 11.6. The third-order valence-corrected chi connectivity index (χ3v) is 3.32. The van der Waals surface area contributed by atoms with Crippen molar-refractivity contribution in [3.8, 4) is 0 Å². The van der Waals surface area contributed by atoms with Crippen molar-refractivity contribution < 1.29 is 4.79 Å². The smallest absolute Gasteiger partial charge is 0.226 e. The molecule has 0 spiro atoms. The molecule has 112 valence electrons. The summed E-state index contributed by atoms with van der Waals surface area (Å²) >= 11 is 0. The van der Waals surface area contributed by atoms with E-state index in [0.717, 1.165) is 24.8 Å². The van der Waals surface area contributed by atoms with Crippen LogP contribution in [0.25, 0.3) is 11.2 Å². The summed E-state index contributed by atoms with van der Waals surface area (Å²) in [5, 5.41) is 9.11. The van der Waals surface area contributed by atoms with Crippen molar-refractivity contribution in [2.45, 2.75) is 31.7 Å². The first kappa shape index (κ1) is 13.6. The Morgan fingerprint density at radius 2 is 2.29 bits per heavy atom. The van der Waals surface area contributed by atoms with E-state index in [9.17, 15) is 4.79 Å². The van der Waals surface area contributed by atoms with E-state index in [2.05, 4.69) is 35.9 Å². The maximum atomic E-state index is 11.6. The summed E-state index contributed by atoms with van der Waals surface area (Å²) in [7, 11) is 1.76. The van der Waals surface area contributed by atoms with Crippen molar-refractivity contribution in [1.82, 2.24) is 25.3 Å². The Morgan fingerprint density at radius 3 is 3.05 bits per heavy atom. The van der Waals surface area contributed by atoms with E-state index in [1.54, 1.807) is 13.4 Å². The van der Waals surface area contributed by atoms with Crippen LogP contribution in [0.2, 0.25) is 0 Å². The van der Waals surface area contributed by atoms with Gasteiger partial charge in [0.05, 0.1) is 6.33 Å². The minimum Gasteiger partial charge on any atom is -0.368 e. The average Bonchev–Trinajstić information content (AvgIpc) is 3.16. The fraction of sp³-hybridized carbons (Fsp3) is 0.538. The minimum absolute atomic E-state index is 0.129. The Bertz CT molecular complexity index is 634. The second-order valence-electron chi connectivity index (χ2n) is 5.12. The number of hydrogen-bond acceptors (Lipinski definition) is 6. The van der Waals surface area contributed by atoms with Crippen LogP contribution in [-0.4, -0.2) is 45.5 Å². The van der Waals surface area contributed by atoms with Crippen LogP contribution in [0.4, 0.5) is 11.8 Å². The van der Waals surface area contributed by atoms with Crippen molar-refractivity contribution in [2.24, 2.45) is 0 Å². The lowest BCUT2D eigenvalue weighted by atomic mass is 10.3. The number of imidazole rings is 1. The number of nitrogens with zero attached hydrogens (tertiary/aromatic N) is 3. The second kappa shape index (κ2) is 5.94. The normalized spacial score (nSPS) is 14.1. The zero-order chi connectivity index (χ0) is 14.7. The first-order valence-corrected chi connectivity index (χ1v) is 7.18. The molecule has 1 aliphatic carbocycles. The number of rotatable bonds is 7. The molecule has 1 saturated carbocycles. The van der Waals surface area contributed by atoms with Crippen LogP contribution >= 0.6 is 0 Å². The lowest BCUT2D eigenvalue weighted by Gasteiger charge is -2.08. The Hall–Kier alpha value is -2.38. The molecule has 0 radical (unpaired) electrons. The van der Waals surface area contributed by atoms with Gasteiger partial charge in [-0.05, 0) is 19.3 Å². The SMILES string of the molecule is CNc1nc(NCCCC(=O)NC2CC2)c2[nH]cnc2n1. The summed E-state index contributed by atoms with van der Waals surface area (Å²) in [5.74, 6) is 1.35. The zero-order valence-electron chi connectivity index (χ0n) is 11.9. The average molecular weight is 289 g/mol. The van der Waals surface area contributed by atoms with Gasteiger partial charge in [0.25, 0.3) is 0 Å². The van der Waals surface area contributed by atoms with Gasteiger partial charge in [0.15, 0.2) is 11.5 Å². The van der Waals surface area contributed by atoms with Gasteiger partial charge in [-0.25, -0.2) is 4.98 Å². The van der Waals surface area contributed by atoms with Gasteiger partial charge in [-0.3, -0.25) is 4.79 Å². The Kier molecular flexibility index (Phi) is 3.85. The van der Waals surface area contributed by atoms with Crippen molar-refractivity contribution in [1.29, 1.82) is 0 Å². The number of carbonyl (C=O) groups is 1. The lowest BCUT2D eigenvalue weighted by Crippen LogP contribution is -2.25.